The fourth-order valence-corrected chi connectivity index (χ4v) is 5.70. The molecular weight excluding hydrogens is 404 g/mol. The average molecular weight is 443 g/mol. The van der Waals surface area contributed by atoms with Gasteiger partial charge in [-0.25, -0.2) is 0 Å². The van der Waals surface area contributed by atoms with Crippen molar-refractivity contribution in [2.24, 2.45) is 11.8 Å². The number of halogens is 1. The molecule has 3 N–H and O–H groups in total. The third kappa shape index (κ3) is 6.09. The zero-order valence-corrected chi connectivity index (χ0v) is 19.2. The summed E-state index contributed by atoms with van der Waals surface area (Å²) in [5.41, 5.74) is 0. The normalized spacial score (nSPS) is 36.4. The van der Waals surface area contributed by atoms with Crippen LogP contribution in [0.4, 0.5) is 0 Å². The zero-order chi connectivity index (χ0) is 21.7. The Labute approximate surface area is 185 Å². The van der Waals surface area contributed by atoms with E-state index in [0.717, 1.165) is 51.9 Å². The van der Waals surface area contributed by atoms with Gasteiger partial charge in [0.05, 0.1) is 12.1 Å². The smallest absolute Gasteiger partial charge is 0.309 e. The molecule has 8 heteroatoms. The van der Waals surface area contributed by atoms with Gasteiger partial charge in [-0.2, -0.15) is 0 Å². The Morgan fingerprint density at radius 2 is 1.83 bits per heavy atom. The summed E-state index contributed by atoms with van der Waals surface area (Å²) in [7, 11) is 0. The minimum absolute atomic E-state index is 0.0269. The van der Waals surface area contributed by atoms with Crippen LogP contribution in [0.3, 0.4) is 0 Å². The second-order valence-corrected chi connectivity index (χ2v) is 10.0. The van der Waals surface area contributed by atoms with E-state index in [1.54, 1.807) is 0 Å². The number of carboxylic acids is 1. The largest absolute Gasteiger partial charge is 0.481 e. The molecule has 6 unspecified atom stereocenters. The highest BCUT2D eigenvalue weighted by atomic mass is 35.5. The van der Waals surface area contributed by atoms with Crippen LogP contribution in [-0.2, 0) is 9.59 Å². The van der Waals surface area contributed by atoms with Crippen LogP contribution in [-0.4, -0.2) is 83.1 Å². The standard InChI is InChI=1S/C22H39ClN4O3/c1-3-4-5-20(28)25-17-13-18(22(29)30)21(24-14-17)27-10-8-26(9-11-27)19-12-16(23)7-6-15(19)2/h15-19,21,24H,3-14H2,1-2H3,(H,25,28)(H,29,30). The highest BCUT2D eigenvalue weighted by Gasteiger charge is 2.41. The van der Waals surface area contributed by atoms with E-state index >= 15 is 0 Å². The van der Waals surface area contributed by atoms with Crippen molar-refractivity contribution in [3.05, 3.63) is 0 Å². The monoisotopic (exact) mass is 442 g/mol. The van der Waals surface area contributed by atoms with E-state index in [0.29, 0.717) is 31.3 Å². The number of hydrogen-bond acceptors (Lipinski definition) is 5. The van der Waals surface area contributed by atoms with E-state index in [-0.39, 0.29) is 23.5 Å². The maximum absolute atomic E-state index is 12.1. The number of amides is 1. The number of piperazine rings is 1. The molecule has 0 aromatic rings. The highest BCUT2D eigenvalue weighted by Crippen LogP contribution is 2.32. The minimum atomic E-state index is -0.784. The molecule has 3 rings (SSSR count). The van der Waals surface area contributed by atoms with E-state index in [1.807, 2.05) is 0 Å². The molecule has 0 spiro atoms. The number of unbranched alkanes of at least 4 members (excludes halogenated alkanes) is 1. The van der Waals surface area contributed by atoms with Crippen LogP contribution < -0.4 is 10.6 Å². The van der Waals surface area contributed by atoms with Gasteiger partial charge in [0.15, 0.2) is 0 Å². The molecule has 0 aromatic carbocycles. The predicted molar refractivity (Wildman–Crippen MR) is 119 cm³/mol. The van der Waals surface area contributed by atoms with Gasteiger partial charge in [-0.3, -0.25) is 24.7 Å². The fraction of sp³-hybridized carbons (Fsp3) is 0.909. The van der Waals surface area contributed by atoms with Crippen LogP contribution in [0.1, 0.15) is 58.8 Å². The maximum Gasteiger partial charge on any atom is 0.309 e. The van der Waals surface area contributed by atoms with Gasteiger partial charge in [0, 0.05) is 56.6 Å². The van der Waals surface area contributed by atoms with Crippen molar-refractivity contribution >= 4 is 23.5 Å². The summed E-state index contributed by atoms with van der Waals surface area (Å²) in [6.07, 6.45) is 6.03. The molecule has 3 aliphatic rings. The van der Waals surface area contributed by atoms with Crippen LogP contribution >= 0.6 is 11.6 Å². The van der Waals surface area contributed by atoms with Gasteiger partial charge in [-0.05, 0) is 38.0 Å². The molecule has 30 heavy (non-hydrogen) atoms. The summed E-state index contributed by atoms with van der Waals surface area (Å²) in [5, 5.41) is 16.6. The molecule has 172 valence electrons. The lowest BCUT2D eigenvalue weighted by Gasteiger charge is -2.48. The van der Waals surface area contributed by atoms with Crippen molar-refractivity contribution in [3.8, 4) is 0 Å². The molecule has 1 saturated carbocycles. The Morgan fingerprint density at radius 1 is 1.13 bits per heavy atom. The number of carbonyl (C=O) groups excluding carboxylic acids is 1. The number of carbonyl (C=O) groups is 2. The van der Waals surface area contributed by atoms with Crippen molar-refractivity contribution in [2.45, 2.75) is 82.4 Å². The molecule has 2 aliphatic heterocycles. The van der Waals surface area contributed by atoms with Crippen molar-refractivity contribution in [2.75, 3.05) is 32.7 Å². The van der Waals surface area contributed by atoms with Gasteiger partial charge in [0.2, 0.25) is 5.91 Å². The number of aliphatic carboxylic acids is 1. The second-order valence-electron chi connectivity index (χ2n) is 9.43. The van der Waals surface area contributed by atoms with Gasteiger partial charge in [0.25, 0.3) is 0 Å². The van der Waals surface area contributed by atoms with Gasteiger partial charge >= 0.3 is 5.97 Å². The Morgan fingerprint density at radius 3 is 2.50 bits per heavy atom. The van der Waals surface area contributed by atoms with Gasteiger partial charge < -0.3 is 10.4 Å². The quantitative estimate of drug-likeness (QED) is 0.523. The molecule has 1 aliphatic carbocycles. The van der Waals surface area contributed by atoms with E-state index < -0.39 is 11.9 Å². The van der Waals surface area contributed by atoms with Crippen molar-refractivity contribution in [1.29, 1.82) is 0 Å². The Kier molecular flexibility index (Phi) is 8.81. The van der Waals surface area contributed by atoms with Gasteiger partial charge in [-0.1, -0.05) is 20.3 Å². The van der Waals surface area contributed by atoms with Crippen molar-refractivity contribution < 1.29 is 14.7 Å². The number of carboxylic acid groups (broad SMARTS) is 1. The molecule has 2 saturated heterocycles. The number of alkyl halides is 1. The molecule has 1 amide bonds. The van der Waals surface area contributed by atoms with Crippen LogP contribution in [0.15, 0.2) is 0 Å². The van der Waals surface area contributed by atoms with Crippen molar-refractivity contribution in [3.63, 3.8) is 0 Å². The van der Waals surface area contributed by atoms with Crippen LogP contribution in [0, 0.1) is 11.8 Å². The first-order chi connectivity index (χ1) is 14.4. The summed E-state index contributed by atoms with van der Waals surface area (Å²) in [5.74, 6) is -0.599. The Bertz CT molecular complexity index is 585. The molecule has 0 radical (unpaired) electrons. The highest BCUT2D eigenvalue weighted by molar-refractivity contribution is 6.20. The first-order valence-electron chi connectivity index (χ1n) is 11.8. The summed E-state index contributed by atoms with van der Waals surface area (Å²) < 4.78 is 0. The number of nitrogens with zero attached hydrogens (tertiary/aromatic N) is 2. The SMILES string of the molecule is CCCCC(=O)NC1CNC(N2CCN(C3CC(Cl)CCC3C)CC2)C(C(=O)O)C1. The number of piperidine rings is 1. The summed E-state index contributed by atoms with van der Waals surface area (Å²) in [6, 6.07) is 0.428. The molecule has 2 heterocycles. The van der Waals surface area contributed by atoms with E-state index in [1.165, 1.54) is 6.42 Å². The predicted octanol–water partition coefficient (Wildman–Crippen LogP) is 2.10. The Hall–Kier alpha value is -0.890. The molecule has 0 bridgehead atoms. The van der Waals surface area contributed by atoms with E-state index in [9.17, 15) is 14.7 Å². The average Bonchev–Trinajstić information content (AvgIpc) is 2.74. The fourth-order valence-electron chi connectivity index (χ4n) is 5.40. The lowest BCUT2D eigenvalue weighted by molar-refractivity contribution is -0.147. The van der Waals surface area contributed by atoms with Gasteiger partial charge in [-0.15, -0.1) is 11.6 Å². The number of hydrogen-bond donors (Lipinski definition) is 3. The van der Waals surface area contributed by atoms with Gasteiger partial charge in [0.1, 0.15) is 0 Å². The van der Waals surface area contributed by atoms with Crippen molar-refractivity contribution in [1.82, 2.24) is 20.4 Å². The molecule has 3 fully saturated rings. The summed E-state index contributed by atoms with van der Waals surface area (Å²) in [4.78, 5) is 28.9. The molecule has 7 nitrogen and oxygen atoms in total. The third-order valence-electron chi connectivity index (χ3n) is 7.23. The first-order valence-corrected chi connectivity index (χ1v) is 12.2. The molecular formula is C22H39ClN4O3. The van der Waals surface area contributed by atoms with Crippen LogP contribution in [0.2, 0.25) is 0 Å². The lowest BCUT2D eigenvalue weighted by atomic mass is 9.84. The zero-order valence-electron chi connectivity index (χ0n) is 18.5. The summed E-state index contributed by atoms with van der Waals surface area (Å²) in [6.45, 7) is 8.66. The third-order valence-corrected chi connectivity index (χ3v) is 7.63. The Balaban J connectivity index is 1.52. The second kappa shape index (κ2) is 11.1. The minimum Gasteiger partial charge on any atom is -0.481 e. The number of rotatable bonds is 7. The van der Waals surface area contributed by atoms with E-state index in [2.05, 4.69) is 34.3 Å². The topological polar surface area (TPSA) is 84.9 Å². The first kappa shape index (κ1) is 23.8. The molecule has 0 aromatic heterocycles. The van der Waals surface area contributed by atoms with Crippen LogP contribution in [0.25, 0.3) is 0 Å². The van der Waals surface area contributed by atoms with E-state index in [4.69, 9.17) is 11.6 Å². The molecule has 6 atom stereocenters. The lowest BCUT2D eigenvalue weighted by Crippen LogP contribution is -2.65. The van der Waals surface area contributed by atoms with Crippen LogP contribution in [0.5, 0.6) is 0 Å². The summed E-state index contributed by atoms with van der Waals surface area (Å²) >= 11 is 6.44. The maximum atomic E-state index is 12.1. The number of nitrogens with one attached hydrogen (secondary N) is 2.